The van der Waals surface area contributed by atoms with Crippen LogP contribution in [-0.4, -0.2) is 24.2 Å². The average molecular weight is 269 g/mol. The molecule has 0 spiro atoms. The summed E-state index contributed by atoms with van der Waals surface area (Å²) in [6.45, 7) is 3.66. The maximum absolute atomic E-state index is 5.88. The third-order valence-electron chi connectivity index (χ3n) is 3.10. The van der Waals surface area contributed by atoms with Crippen molar-refractivity contribution in [1.29, 1.82) is 0 Å². The summed E-state index contributed by atoms with van der Waals surface area (Å²) in [6.07, 6.45) is 3.59. The van der Waals surface area contributed by atoms with Gasteiger partial charge in [0, 0.05) is 28.2 Å². The summed E-state index contributed by atoms with van der Waals surface area (Å²) >= 11 is 3.69. The van der Waals surface area contributed by atoms with Gasteiger partial charge < -0.3 is 10.5 Å². The lowest BCUT2D eigenvalue weighted by Gasteiger charge is -2.17. The van der Waals surface area contributed by atoms with Gasteiger partial charge in [0.2, 0.25) is 0 Å². The molecule has 0 aromatic heterocycles. The van der Waals surface area contributed by atoms with Gasteiger partial charge >= 0.3 is 0 Å². The van der Waals surface area contributed by atoms with Crippen LogP contribution in [0.15, 0.2) is 28.0 Å². The van der Waals surface area contributed by atoms with Gasteiger partial charge in [-0.05, 0) is 37.3 Å². The fourth-order valence-electron chi connectivity index (χ4n) is 2.08. The summed E-state index contributed by atoms with van der Waals surface area (Å²) in [4.78, 5) is 2.62. The standard InChI is InChI=1S/C13H19NOS2/c1-9-11(6-7-15-9)17-13-5-3-4-12(16-2)10(13)8-14/h3-5,9,11H,6-8,14H2,1-2H3. The summed E-state index contributed by atoms with van der Waals surface area (Å²) in [7, 11) is 0. The normalized spacial score (nSPS) is 24.2. The molecule has 1 aromatic carbocycles. The van der Waals surface area contributed by atoms with Crippen LogP contribution < -0.4 is 5.73 Å². The minimum absolute atomic E-state index is 0.351. The quantitative estimate of drug-likeness (QED) is 0.852. The first-order valence-electron chi connectivity index (χ1n) is 5.90. The first-order valence-corrected chi connectivity index (χ1v) is 8.01. The van der Waals surface area contributed by atoms with E-state index in [1.165, 1.54) is 15.4 Å². The smallest absolute Gasteiger partial charge is 0.0669 e. The van der Waals surface area contributed by atoms with Gasteiger partial charge in [0.05, 0.1) is 6.10 Å². The number of hydrogen-bond acceptors (Lipinski definition) is 4. The molecule has 2 rings (SSSR count). The van der Waals surface area contributed by atoms with Crippen molar-refractivity contribution in [2.45, 2.75) is 41.0 Å². The van der Waals surface area contributed by atoms with Crippen LogP contribution in [0.4, 0.5) is 0 Å². The van der Waals surface area contributed by atoms with Gasteiger partial charge in [-0.15, -0.1) is 23.5 Å². The molecule has 2 unspecified atom stereocenters. The van der Waals surface area contributed by atoms with E-state index in [0.717, 1.165) is 13.0 Å². The molecule has 0 bridgehead atoms. The summed E-state index contributed by atoms with van der Waals surface area (Å²) < 4.78 is 5.61. The van der Waals surface area contributed by atoms with Gasteiger partial charge in [0.25, 0.3) is 0 Å². The van der Waals surface area contributed by atoms with E-state index >= 15 is 0 Å². The van der Waals surface area contributed by atoms with Crippen LogP contribution >= 0.6 is 23.5 Å². The molecule has 0 amide bonds. The molecule has 1 saturated heterocycles. The highest BCUT2D eigenvalue weighted by Gasteiger charge is 2.26. The van der Waals surface area contributed by atoms with Crippen molar-refractivity contribution in [3.8, 4) is 0 Å². The molecule has 1 heterocycles. The first kappa shape index (κ1) is 13.3. The highest BCUT2D eigenvalue weighted by molar-refractivity contribution is 8.00. The van der Waals surface area contributed by atoms with Crippen molar-refractivity contribution < 1.29 is 4.74 Å². The molecule has 2 nitrogen and oxygen atoms in total. The molecule has 0 aliphatic carbocycles. The van der Waals surface area contributed by atoms with Crippen molar-refractivity contribution >= 4 is 23.5 Å². The highest BCUT2D eigenvalue weighted by Crippen LogP contribution is 2.37. The third-order valence-corrected chi connectivity index (χ3v) is 5.48. The number of benzene rings is 1. The number of hydrogen-bond donors (Lipinski definition) is 1. The Morgan fingerprint density at radius 3 is 2.76 bits per heavy atom. The minimum Gasteiger partial charge on any atom is -0.377 e. The second kappa shape index (κ2) is 6.14. The third kappa shape index (κ3) is 2.99. The van der Waals surface area contributed by atoms with Crippen LogP contribution in [0.5, 0.6) is 0 Å². The fraction of sp³-hybridized carbons (Fsp3) is 0.538. The average Bonchev–Trinajstić information content (AvgIpc) is 2.74. The Morgan fingerprint density at radius 1 is 1.41 bits per heavy atom. The highest BCUT2D eigenvalue weighted by atomic mass is 32.2. The van der Waals surface area contributed by atoms with Gasteiger partial charge in [-0.3, -0.25) is 0 Å². The van der Waals surface area contributed by atoms with Crippen LogP contribution in [0.25, 0.3) is 0 Å². The Labute approximate surface area is 112 Å². The molecular formula is C13H19NOS2. The molecule has 17 heavy (non-hydrogen) atoms. The van der Waals surface area contributed by atoms with Gasteiger partial charge in [-0.2, -0.15) is 0 Å². The van der Waals surface area contributed by atoms with Gasteiger partial charge in [0.15, 0.2) is 0 Å². The molecule has 0 radical (unpaired) electrons. The van der Waals surface area contributed by atoms with E-state index in [1.807, 2.05) is 11.8 Å². The van der Waals surface area contributed by atoms with Gasteiger partial charge in [0.1, 0.15) is 0 Å². The molecule has 1 fully saturated rings. The van der Waals surface area contributed by atoms with E-state index in [1.54, 1.807) is 11.8 Å². The van der Waals surface area contributed by atoms with Crippen LogP contribution in [0.1, 0.15) is 18.9 Å². The molecule has 4 heteroatoms. The SMILES string of the molecule is CSc1cccc(SC2CCOC2C)c1CN. The molecular weight excluding hydrogens is 250 g/mol. The molecule has 2 N–H and O–H groups in total. The van der Waals surface area contributed by atoms with E-state index in [9.17, 15) is 0 Å². The summed E-state index contributed by atoms with van der Waals surface area (Å²) in [5, 5.41) is 0.567. The van der Waals surface area contributed by atoms with Crippen molar-refractivity contribution in [2.75, 3.05) is 12.9 Å². The Kier molecular flexibility index (Phi) is 4.79. The van der Waals surface area contributed by atoms with Crippen molar-refractivity contribution in [2.24, 2.45) is 5.73 Å². The van der Waals surface area contributed by atoms with Crippen LogP contribution in [0.2, 0.25) is 0 Å². The zero-order valence-corrected chi connectivity index (χ0v) is 11.9. The zero-order chi connectivity index (χ0) is 12.3. The summed E-state index contributed by atoms with van der Waals surface area (Å²) in [6, 6.07) is 6.44. The number of nitrogens with two attached hydrogens (primary N) is 1. The van der Waals surface area contributed by atoms with Crippen molar-refractivity contribution in [3.63, 3.8) is 0 Å². The van der Waals surface area contributed by atoms with Crippen LogP contribution in [0.3, 0.4) is 0 Å². The molecule has 2 atom stereocenters. The second-order valence-corrected chi connectivity index (χ2v) is 6.29. The number of rotatable bonds is 4. The van der Waals surface area contributed by atoms with E-state index in [-0.39, 0.29) is 0 Å². The monoisotopic (exact) mass is 269 g/mol. The Hall–Kier alpha value is -0.160. The van der Waals surface area contributed by atoms with E-state index in [4.69, 9.17) is 10.5 Å². The Balaban J connectivity index is 2.19. The number of thioether (sulfide) groups is 2. The molecule has 1 aliphatic rings. The van der Waals surface area contributed by atoms with Crippen LogP contribution in [-0.2, 0) is 11.3 Å². The van der Waals surface area contributed by atoms with E-state index < -0.39 is 0 Å². The number of ether oxygens (including phenoxy) is 1. The predicted octanol–water partition coefficient (Wildman–Crippen LogP) is 3.14. The minimum atomic E-state index is 0.351. The second-order valence-electron chi connectivity index (χ2n) is 4.16. The van der Waals surface area contributed by atoms with Crippen molar-refractivity contribution in [1.82, 2.24) is 0 Å². The molecule has 1 aliphatic heterocycles. The van der Waals surface area contributed by atoms with E-state index in [0.29, 0.717) is 17.9 Å². The topological polar surface area (TPSA) is 35.2 Å². The van der Waals surface area contributed by atoms with E-state index in [2.05, 4.69) is 31.4 Å². The van der Waals surface area contributed by atoms with Gasteiger partial charge in [-0.25, -0.2) is 0 Å². The lowest BCUT2D eigenvalue weighted by atomic mass is 10.2. The predicted molar refractivity (Wildman–Crippen MR) is 75.8 cm³/mol. The Morgan fingerprint density at radius 2 is 2.18 bits per heavy atom. The summed E-state index contributed by atoms with van der Waals surface area (Å²) in [5.74, 6) is 0. The lowest BCUT2D eigenvalue weighted by Crippen LogP contribution is -2.14. The van der Waals surface area contributed by atoms with Crippen LogP contribution in [0, 0.1) is 0 Å². The fourth-order valence-corrected chi connectivity index (χ4v) is 4.10. The van der Waals surface area contributed by atoms with Crippen molar-refractivity contribution in [3.05, 3.63) is 23.8 Å². The largest absolute Gasteiger partial charge is 0.377 e. The Bertz CT molecular complexity index is 384. The first-order chi connectivity index (χ1) is 8.26. The molecule has 0 saturated carbocycles. The maximum atomic E-state index is 5.88. The molecule has 1 aromatic rings. The van der Waals surface area contributed by atoms with Gasteiger partial charge in [-0.1, -0.05) is 6.07 Å². The lowest BCUT2D eigenvalue weighted by molar-refractivity contribution is 0.127. The maximum Gasteiger partial charge on any atom is 0.0669 e. The molecule has 94 valence electrons. The summed E-state index contributed by atoms with van der Waals surface area (Å²) in [5.41, 5.74) is 7.16. The zero-order valence-electron chi connectivity index (χ0n) is 10.3.